The van der Waals surface area contributed by atoms with E-state index < -0.39 is 0 Å². The lowest BCUT2D eigenvalue weighted by molar-refractivity contribution is 0.223. The molecule has 2 amide bonds. The molecule has 0 saturated carbocycles. The van der Waals surface area contributed by atoms with Gasteiger partial charge in [0.15, 0.2) is 0 Å². The number of amides is 2. The lowest BCUT2D eigenvalue weighted by Crippen LogP contribution is -2.33. The number of halogens is 1. The summed E-state index contributed by atoms with van der Waals surface area (Å²) >= 11 is 0. The molecule has 2 rings (SSSR count). The van der Waals surface area contributed by atoms with Crippen LogP contribution in [0.4, 0.5) is 14.9 Å². The van der Waals surface area contributed by atoms with Crippen LogP contribution >= 0.6 is 0 Å². The summed E-state index contributed by atoms with van der Waals surface area (Å²) in [4.78, 5) is 17.4. The van der Waals surface area contributed by atoms with Crippen molar-refractivity contribution in [1.29, 1.82) is 0 Å². The maximum Gasteiger partial charge on any atom is 0.321 e. The summed E-state index contributed by atoms with van der Waals surface area (Å²) < 4.78 is 13.0. The minimum absolute atomic E-state index is 0.260. The minimum atomic E-state index is -0.373. The van der Waals surface area contributed by atoms with E-state index in [0.29, 0.717) is 12.2 Å². The Bertz CT molecular complexity index is 574. The van der Waals surface area contributed by atoms with Gasteiger partial charge in [0, 0.05) is 31.7 Å². The highest BCUT2D eigenvalue weighted by molar-refractivity contribution is 5.89. The Hall–Kier alpha value is -2.43. The molecule has 20 heavy (non-hydrogen) atoms. The fraction of sp³-hybridized carbons (Fsp3) is 0.200. The van der Waals surface area contributed by atoms with E-state index in [1.165, 1.54) is 12.1 Å². The number of rotatable bonds is 4. The quantitative estimate of drug-likeness (QED) is 0.931. The molecule has 1 aromatic heterocycles. The van der Waals surface area contributed by atoms with Gasteiger partial charge in [-0.2, -0.15) is 0 Å². The fourth-order valence-corrected chi connectivity index (χ4v) is 1.73. The zero-order valence-corrected chi connectivity index (χ0v) is 11.2. The zero-order valence-electron chi connectivity index (χ0n) is 11.2. The molecular weight excluding hydrogens is 257 g/mol. The summed E-state index contributed by atoms with van der Waals surface area (Å²) in [5.74, 6) is -0.373. The van der Waals surface area contributed by atoms with Crippen molar-refractivity contribution < 1.29 is 9.18 Å². The van der Waals surface area contributed by atoms with E-state index in [4.69, 9.17) is 0 Å². The predicted molar refractivity (Wildman–Crippen MR) is 76.0 cm³/mol. The molecule has 0 spiro atoms. The number of benzene rings is 1. The third-order valence-electron chi connectivity index (χ3n) is 2.91. The number of carbonyl (C=O) groups is 1. The standard InChI is InChI=1S/C15H16FN3O/c1-19(10-7-12-5-8-17-9-6-12)15(20)18-14-4-2-3-13(16)11-14/h2-6,8-9,11H,7,10H2,1H3,(H,18,20). The molecule has 0 fully saturated rings. The molecule has 0 unspecified atom stereocenters. The molecule has 0 aliphatic heterocycles. The van der Waals surface area contributed by atoms with Crippen LogP contribution in [0.2, 0.25) is 0 Å². The van der Waals surface area contributed by atoms with E-state index in [1.54, 1.807) is 36.5 Å². The van der Waals surface area contributed by atoms with Gasteiger partial charge < -0.3 is 10.2 Å². The monoisotopic (exact) mass is 273 g/mol. The Balaban J connectivity index is 1.86. The average molecular weight is 273 g/mol. The van der Waals surface area contributed by atoms with E-state index in [9.17, 15) is 9.18 Å². The second kappa shape index (κ2) is 6.65. The van der Waals surface area contributed by atoms with E-state index in [0.717, 1.165) is 12.0 Å². The van der Waals surface area contributed by atoms with Crippen LogP contribution in [-0.4, -0.2) is 29.5 Å². The van der Waals surface area contributed by atoms with E-state index >= 15 is 0 Å². The Morgan fingerprint density at radius 1 is 1.30 bits per heavy atom. The van der Waals surface area contributed by atoms with Gasteiger partial charge in [0.2, 0.25) is 0 Å². The summed E-state index contributed by atoms with van der Waals surface area (Å²) in [7, 11) is 1.70. The maximum absolute atomic E-state index is 13.0. The lowest BCUT2D eigenvalue weighted by atomic mass is 10.2. The molecule has 0 aliphatic carbocycles. The SMILES string of the molecule is CN(CCc1ccncc1)C(=O)Nc1cccc(F)c1. The van der Waals surface area contributed by atoms with Gasteiger partial charge in [-0.3, -0.25) is 4.98 Å². The van der Waals surface area contributed by atoms with Crippen molar-refractivity contribution in [1.82, 2.24) is 9.88 Å². The normalized spacial score (nSPS) is 10.1. The van der Waals surface area contributed by atoms with Gasteiger partial charge in [0.05, 0.1) is 0 Å². The van der Waals surface area contributed by atoms with Crippen LogP contribution in [0, 0.1) is 5.82 Å². The first-order chi connectivity index (χ1) is 9.65. The highest BCUT2D eigenvalue weighted by atomic mass is 19.1. The summed E-state index contributed by atoms with van der Waals surface area (Å²) in [5, 5.41) is 2.65. The molecule has 0 aliphatic rings. The van der Waals surface area contributed by atoms with Gasteiger partial charge in [0.1, 0.15) is 5.82 Å². The van der Waals surface area contributed by atoms with Crippen molar-refractivity contribution in [2.45, 2.75) is 6.42 Å². The van der Waals surface area contributed by atoms with E-state index in [-0.39, 0.29) is 11.8 Å². The van der Waals surface area contributed by atoms with Gasteiger partial charge >= 0.3 is 6.03 Å². The largest absolute Gasteiger partial charge is 0.327 e. The van der Waals surface area contributed by atoms with Crippen LogP contribution in [0.15, 0.2) is 48.8 Å². The average Bonchev–Trinajstić information content (AvgIpc) is 2.46. The van der Waals surface area contributed by atoms with Crippen LogP contribution in [0.3, 0.4) is 0 Å². The fourth-order valence-electron chi connectivity index (χ4n) is 1.73. The van der Waals surface area contributed by atoms with Crippen LogP contribution in [-0.2, 0) is 6.42 Å². The van der Waals surface area contributed by atoms with Crippen LogP contribution < -0.4 is 5.32 Å². The molecule has 0 atom stereocenters. The molecule has 2 aromatic rings. The molecule has 5 heteroatoms. The molecule has 104 valence electrons. The number of anilines is 1. The molecular formula is C15H16FN3O. The Labute approximate surface area is 117 Å². The molecule has 0 saturated heterocycles. The van der Waals surface area contributed by atoms with Crippen molar-refractivity contribution in [2.24, 2.45) is 0 Å². The highest BCUT2D eigenvalue weighted by Crippen LogP contribution is 2.10. The Kier molecular flexibility index (Phi) is 4.65. The minimum Gasteiger partial charge on any atom is -0.327 e. The van der Waals surface area contributed by atoms with Crippen LogP contribution in [0.5, 0.6) is 0 Å². The zero-order chi connectivity index (χ0) is 14.4. The first-order valence-corrected chi connectivity index (χ1v) is 6.32. The summed E-state index contributed by atoms with van der Waals surface area (Å²) in [5.41, 5.74) is 1.57. The third kappa shape index (κ3) is 4.05. The molecule has 0 bridgehead atoms. The van der Waals surface area contributed by atoms with Crippen molar-refractivity contribution in [3.63, 3.8) is 0 Å². The number of carbonyl (C=O) groups excluding carboxylic acids is 1. The number of hydrogen-bond donors (Lipinski definition) is 1. The predicted octanol–water partition coefficient (Wildman–Crippen LogP) is 2.93. The number of likely N-dealkylation sites (N-methyl/N-ethyl adjacent to an activating group) is 1. The molecule has 4 nitrogen and oxygen atoms in total. The number of nitrogens with zero attached hydrogens (tertiary/aromatic N) is 2. The smallest absolute Gasteiger partial charge is 0.321 e. The van der Waals surface area contributed by atoms with E-state index in [2.05, 4.69) is 10.3 Å². The van der Waals surface area contributed by atoms with Crippen LogP contribution in [0.25, 0.3) is 0 Å². The highest BCUT2D eigenvalue weighted by Gasteiger charge is 2.09. The van der Waals surface area contributed by atoms with Crippen molar-refractivity contribution in [3.8, 4) is 0 Å². The number of pyridine rings is 1. The van der Waals surface area contributed by atoms with Gasteiger partial charge in [-0.25, -0.2) is 9.18 Å². The van der Waals surface area contributed by atoms with E-state index in [1.807, 2.05) is 12.1 Å². The lowest BCUT2D eigenvalue weighted by Gasteiger charge is -2.18. The second-order valence-corrected chi connectivity index (χ2v) is 4.47. The summed E-state index contributed by atoms with van der Waals surface area (Å²) in [6.45, 7) is 0.575. The van der Waals surface area contributed by atoms with Gasteiger partial charge in [-0.15, -0.1) is 0 Å². The van der Waals surface area contributed by atoms with Gasteiger partial charge in [-0.1, -0.05) is 6.07 Å². The molecule has 1 heterocycles. The van der Waals surface area contributed by atoms with Crippen molar-refractivity contribution in [2.75, 3.05) is 18.9 Å². The maximum atomic E-state index is 13.0. The molecule has 1 aromatic carbocycles. The van der Waals surface area contributed by atoms with Crippen LogP contribution in [0.1, 0.15) is 5.56 Å². The first kappa shape index (κ1) is 14.0. The van der Waals surface area contributed by atoms with Gasteiger partial charge in [0.25, 0.3) is 0 Å². The topological polar surface area (TPSA) is 45.2 Å². The van der Waals surface area contributed by atoms with Crippen molar-refractivity contribution in [3.05, 3.63) is 60.2 Å². The number of urea groups is 1. The first-order valence-electron chi connectivity index (χ1n) is 6.32. The van der Waals surface area contributed by atoms with Crippen molar-refractivity contribution >= 4 is 11.7 Å². The Morgan fingerprint density at radius 3 is 2.75 bits per heavy atom. The van der Waals surface area contributed by atoms with Gasteiger partial charge in [-0.05, 0) is 42.3 Å². The summed E-state index contributed by atoms with van der Waals surface area (Å²) in [6.07, 6.45) is 4.19. The number of hydrogen-bond acceptors (Lipinski definition) is 2. The summed E-state index contributed by atoms with van der Waals surface area (Å²) in [6, 6.07) is 9.40. The molecule has 0 radical (unpaired) electrons. The number of aromatic nitrogens is 1. The third-order valence-corrected chi connectivity index (χ3v) is 2.91. The second-order valence-electron chi connectivity index (χ2n) is 4.47. The number of nitrogens with one attached hydrogen (secondary N) is 1. The Morgan fingerprint density at radius 2 is 2.05 bits per heavy atom. The molecule has 1 N–H and O–H groups in total.